The van der Waals surface area contributed by atoms with Crippen LogP contribution in [-0.2, 0) is 24.6 Å². The number of nitrogens with zero attached hydrogens (tertiary/aromatic N) is 2. The number of methoxy groups -OCH3 is 1. The molecule has 6 heteroatoms. The molecule has 1 N–H and O–H groups in total. The lowest BCUT2D eigenvalue weighted by Crippen LogP contribution is -2.15. The van der Waals surface area contributed by atoms with Crippen LogP contribution >= 0.6 is 0 Å². The van der Waals surface area contributed by atoms with Crippen LogP contribution in [0, 0.1) is 0 Å². The molecule has 0 atom stereocenters. The normalized spacial score (nSPS) is 12.8. The predicted molar refractivity (Wildman–Crippen MR) is 81.0 cm³/mol. The molecular weight excluding hydrogens is 282 g/mol. The Kier molecular flexibility index (Phi) is 3.66. The first-order chi connectivity index (χ1) is 10.6. The van der Waals surface area contributed by atoms with Crippen LogP contribution in [0.4, 0.5) is 5.69 Å². The van der Waals surface area contributed by atoms with Crippen molar-refractivity contribution in [3.63, 3.8) is 0 Å². The minimum atomic E-state index is -0.402. The third kappa shape index (κ3) is 2.47. The predicted octanol–water partition coefficient (Wildman–Crippen LogP) is 1.95. The van der Waals surface area contributed by atoms with E-state index in [4.69, 9.17) is 0 Å². The zero-order chi connectivity index (χ0) is 15.7. The number of aryl methyl sites for hydroxylation is 1. The molecule has 0 saturated heterocycles. The third-order valence-corrected chi connectivity index (χ3v) is 3.89. The van der Waals surface area contributed by atoms with E-state index in [2.05, 4.69) is 15.2 Å². The van der Waals surface area contributed by atoms with Gasteiger partial charge < -0.3 is 10.1 Å². The van der Waals surface area contributed by atoms with Crippen molar-refractivity contribution in [3.05, 3.63) is 46.8 Å². The molecular formula is C16H17N3O3. The van der Waals surface area contributed by atoms with E-state index in [1.807, 2.05) is 7.05 Å². The maximum atomic E-state index is 12.4. The van der Waals surface area contributed by atoms with Gasteiger partial charge in [-0.3, -0.25) is 9.48 Å². The Hall–Kier alpha value is -2.63. The molecule has 2 aromatic rings. The maximum Gasteiger partial charge on any atom is 0.337 e. The molecule has 22 heavy (non-hydrogen) atoms. The minimum Gasteiger partial charge on any atom is -0.465 e. The first-order valence-electron chi connectivity index (χ1n) is 7.14. The van der Waals surface area contributed by atoms with Crippen LogP contribution in [0.2, 0.25) is 0 Å². The first-order valence-corrected chi connectivity index (χ1v) is 7.14. The van der Waals surface area contributed by atoms with Gasteiger partial charge in [0, 0.05) is 24.0 Å². The molecule has 0 unspecified atom stereocenters. The summed E-state index contributed by atoms with van der Waals surface area (Å²) in [6, 6.07) is 6.58. The SMILES string of the molecule is COC(=O)c1ccc(NC(=O)c2nn(C)c3c2CCC3)cc1. The fourth-order valence-electron chi connectivity index (χ4n) is 2.79. The summed E-state index contributed by atoms with van der Waals surface area (Å²) < 4.78 is 6.43. The van der Waals surface area contributed by atoms with Crippen molar-refractivity contribution in [2.75, 3.05) is 12.4 Å². The largest absolute Gasteiger partial charge is 0.465 e. The van der Waals surface area contributed by atoms with E-state index < -0.39 is 5.97 Å². The highest BCUT2D eigenvalue weighted by Crippen LogP contribution is 2.25. The van der Waals surface area contributed by atoms with Crippen molar-refractivity contribution in [1.82, 2.24) is 9.78 Å². The van der Waals surface area contributed by atoms with Gasteiger partial charge in [0.1, 0.15) is 0 Å². The summed E-state index contributed by atoms with van der Waals surface area (Å²) in [4.78, 5) is 23.8. The molecule has 1 aliphatic rings. The highest BCUT2D eigenvalue weighted by molar-refractivity contribution is 6.04. The molecule has 1 aromatic carbocycles. The fourth-order valence-corrected chi connectivity index (χ4v) is 2.79. The van der Waals surface area contributed by atoms with E-state index in [1.54, 1.807) is 28.9 Å². The Morgan fingerprint density at radius 2 is 1.95 bits per heavy atom. The van der Waals surface area contributed by atoms with Crippen molar-refractivity contribution < 1.29 is 14.3 Å². The number of carbonyl (C=O) groups excluding carboxylic acids is 2. The molecule has 0 aliphatic heterocycles. The van der Waals surface area contributed by atoms with Gasteiger partial charge in [0.25, 0.3) is 5.91 Å². The van der Waals surface area contributed by atoms with Gasteiger partial charge in [-0.15, -0.1) is 0 Å². The quantitative estimate of drug-likeness (QED) is 0.879. The Bertz CT molecular complexity index is 732. The van der Waals surface area contributed by atoms with E-state index in [-0.39, 0.29) is 5.91 Å². The van der Waals surface area contributed by atoms with Crippen LogP contribution in [0.15, 0.2) is 24.3 Å². The standard InChI is InChI=1S/C16H17N3O3/c1-19-13-5-3-4-12(13)14(18-19)15(20)17-11-8-6-10(7-9-11)16(21)22-2/h6-9H,3-5H2,1-2H3,(H,17,20). The first kappa shape index (κ1) is 14.3. The molecule has 0 saturated carbocycles. The number of carbonyl (C=O) groups is 2. The van der Waals surface area contributed by atoms with E-state index in [9.17, 15) is 9.59 Å². The summed E-state index contributed by atoms with van der Waals surface area (Å²) in [5, 5.41) is 7.14. The molecule has 0 radical (unpaired) electrons. The zero-order valence-electron chi connectivity index (χ0n) is 12.5. The number of anilines is 1. The van der Waals surface area contributed by atoms with Gasteiger partial charge in [-0.05, 0) is 43.5 Å². The van der Waals surface area contributed by atoms with Crippen molar-refractivity contribution in [2.45, 2.75) is 19.3 Å². The summed E-state index contributed by atoms with van der Waals surface area (Å²) in [5.74, 6) is -0.620. The van der Waals surface area contributed by atoms with E-state index >= 15 is 0 Å². The van der Waals surface area contributed by atoms with E-state index in [1.165, 1.54) is 7.11 Å². The second-order valence-corrected chi connectivity index (χ2v) is 5.27. The molecule has 0 bridgehead atoms. The Labute approximate surface area is 128 Å². The molecule has 3 rings (SSSR count). The highest BCUT2D eigenvalue weighted by Gasteiger charge is 2.25. The topological polar surface area (TPSA) is 73.2 Å². The van der Waals surface area contributed by atoms with Crippen LogP contribution in [0.25, 0.3) is 0 Å². The summed E-state index contributed by atoms with van der Waals surface area (Å²) in [5.41, 5.74) is 3.75. The number of amides is 1. The lowest BCUT2D eigenvalue weighted by Gasteiger charge is -2.05. The summed E-state index contributed by atoms with van der Waals surface area (Å²) in [7, 11) is 3.20. The Morgan fingerprint density at radius 3 is 2.64 bits per heavy atom. The molecule has 1 amide bonds. The van der Waals surface area contributed by atoms with Gasteiger partial charge in [-0.2, -0.15) is 5.10 Å². The molecule has 1 heterocycles. The number of benzene rings is 1. The molecule has 0 spiro atoms. The summed E-state index contributed by atoms with van der Waals surface area (Å²) in [6.07, 6.45) is 2.93. The minimum absolute atomic E-state index is 0.218. The van der Waals surface area contributed by atoms with Gasteiger partial charge in [0.15, 0.2) is 5.69 Å². The van der Waals surface area contributed by atoms with Crippen LogP contribution in [0.3, 0.4) is 0 Å². The number of hydrogen-bond acceptors (Lipinski definition) is 4. The summed E-state index contributed by atoms with van der Waals surface area (Å²) >= 11 is 0. The smallest absolute Gasteiger partial charge is 0.337 e. The summed E-state index contributed by atoms with van der Waals surface area (Å²) in [6.45, 7) is 0. The van der Waals surface area contributed by atoms with Crippen molar-refractivity contribution >= 4 is 17.6 Å². The maximum absolute atomic E-state index is 12.4. The number of esters is 1. The van der Waals surface area contributed by atoms with Gasteiger partial charge in [-0.1, -0.05) is 0 Å². The van der Waals surface area contributed by atoms with Crippen LogP contribution < -0.4 is 5.32 Å². The lowest BCUT2D eigenvalue weighted by atomic mass is 10.1. The molecule has 1 aliphatic carbocycles. The fraction of sp³-hybridized carbons (Fsp3) is 0.312. The van der Waals surface area contributed by atoms with Crippen LogP contribution in [0.5, 0.6) is 0 Å². The van der Waals surface area contributed by atoms with E-state index in [0.29, 0.717) is 16.9 Å². The monoisotopic (exact) mass is 299 g/mol. The van der Waals surface area contributed by atoms with Crippen LogP contribution in [-0.4, -0.2) is 28.8 Å². The average Bonchev–Trinajstić information content (AvgIpc) is 3.11. The lowest BCUT2D eigenvalue weighted by molar-refractivity contribution is 0.0600. The van der Waals surface area contributed by atoms with Gasteiger partial charge >= 0.3 is 5.97 Å². The molecule has 114 valence electrons. The van der Waals surface area contributed by atoms with Crippen molar-refractivity contribution in [2.24, 2.45) is 7.05 Å². The third-order valence-electron chi connectivity index (χ3n) is 3.89. The number of ether oxygens (including phenoxy) is 1. The van der Waals surface area contributed by atoms with E-state index in [0.717, 1.165) is 30.5 Å². The van der Waals surface area contributed by atoms with Gasteiger partial charge in [-0.25, -0.2) is 4.79 Å². The average molecular weight is 299 g/mol. The molecule has 6 nitrogen and oxygen atoms in total. The number of nitrogens with one attached hydrogen (secondary N) is 1. The number of fused-ring (bicyclic) bond motifs is 1. The van der Waals surface area contributed by atoms with Crippen molar-refractivity contribution in [3.8, 4) is 0 Å². The Morgan fingerprint density at radius 1 is 1.23 bits per heavy atom. The van der Waals surface area contributed by atoms with Gasteiger partial charge in [0.2, 0.25) is 0 Å². The number of aromatic nitrogens is 2. The molecule has 0 fully saturated rings. The number of rotatable bonds is 3. The second-order valence-electron chi connectivity index (χ2n) is 5.27. The van der Waals surface area contributed by atoms with Crippen molar-refractivity contribution in [1.29, 1.82) is 0 Å². The number of hydrogen-bond donors (Lipinski definition) is 1. The zero-order valence-corrected chi connectivity index (χ0v) is 12.5. The highest BCUT2D eigenvalue weighted by atomic mass is 16.5. The molecule has 1 aromatic heterocycles. The Balaban J connectivity index is 1.77. The van der Waals surface area contributed by atoms with Gasteiger partial charge in [0.05, 0.1) is 12.7 Å². The second kappa shape index (κ2) is 5.63. The van der Waals surface area contributed by atoms with Crippen LogP contribution in [0.1, 0.15) is 38.5 Å².